The van der Waals surface area contributed by atoms with Gasteiger partial charge >= 0.3 is 0 Å². The Hall–Kier alpha value is -1.77. The predicted octanol–water partition coefficient (Wildman–Crippen LogP) is 4.35. The summed E-state index contributed by atoms with van der Waals surface area (Å²) in [4.78, 5) is 0. The fourth-order valence-corrected chi connectivity index (χ4v) is 2.05. The summed E-state index contributed by atoms with van der Waals surface area (Å²) in [5, 5.41) is 7.39. The van der Waals surface area contributed by atoms with Crippen molar-refractivity contribution in [3.63, 3.8) is 0 Å². The molecule has 0 saturated heterocycles. The first-order valence-corrected chi connectivity index (χ1v) is 6.71. The minimum atomic E-state index is 0.908. The highest BCUT2D eigenvalue weighted by Crippen LogP contribution is 2.31. The Morgan fingerprint density at radius 2 is 1.63 bits per heavy atom. The summed E-state index contributed by atoms with van der Waals surface area (Å²) < 4.78 is 5.37. The Bertz CT molecular complexity index is 556. The van der Waals surface area contributed by atoms with E-state index in [4.69, 9.17) is 4.74 Å². The summed E-state index contributed by atoms with van der Waals surface area (Å²) in [6.07, 6.45) is 0. The minimum absolute atomic E-state index is 0.908. The van der Waals surface area contributed by atoms with Gasteiger partial charge in [0.15, 0.2) is 0 Å². The van der Waals surface area contributed by atoms with Crippen molar-refractivity contribution in [1.82, 2.24) is 10.2 Å². The van der Waals surface area contributed by atoms with E-state index in [1.165, 1.54) is 11.1 Å². The second-order valence-electron chi connectivity index (χ2n) is 4.46. The topological polar surface area (TPSA) is 37.9 Å². The summed E-state index contributed by atoms with van der Waals surface area (Å²) in [6.45, 7) is 12.3. The van der Waals surface area contributed by atoms with Crippen LogP contribution in [-0.4, -0.2) is 17.3 Å². The zero-order valence-electron chi connectivity index (χ0n) is 13.0. The van der Waals surface area contributed by atoms with Crippen LogP contribution in [0.2, 0.25) is 0 Å². The molecular weight excluding hydrogens is 236 g/mol. The molecule has 1 aromatic heterocycles. The van der Waals surface area contributed by atoms with Crippen LogP contribution < -0.4 is 4.74 Å². The number of aryl methyl sites for hydroxylation is 3. The van der Waals surface area contributed by atoms with Crippen LogP contribution in [0, 0.1) is 27.7 Å². The maximum Gasteiger partial charge on any atom is 0.122 e. The molecule has 0 spiro atoms. The molecular formula is C16H24N2O. The smallest absolute Gasteiger partial charge is 0.122 e. The van der Waals surface area contributed by atoms with E-state index in [0.717, 1.165) is 28.3 Å². The molecule has 0 fully saturated rings. The number of benzene rings is 1. The summed E-state index contributed by atoms with van der Waals surface area (Å²) in [6, 6.07) is 4.20. The van der Waals surface area contributed by atoms with Crippen molar-refractivity contribution in [2.75, 3.05) is 7.11 Å². The van der Waals surface area contributed by atoms with Gasteiger partial charge in [0.2, 0.25) is 0 Å². The first-order valence-electron chi connectivity index (χ1n) is 6.71. The molecule has 2 aromatic rings. The number of nitrogens with one attached hydrogen (secondary N) is 1. The second kappa shape index (κ2) is 6.41. The average molecular weight is 260 g/mol. The summed E-state index contributed by atoms with van der Waals surface area (Å²) in [5.74, 6) is 0.908. The van der Waals surface area contributed by atoms with Crippen LogP contribution in [0.4, 0.5) is 0 Å². The number of ether oxygens (including phenoxy) is 1. The number of aromatic nitrogens is 2. The van der Waals surface area contributed by atoms with Crippen molar-refractivity contribution < 1.29 is 4.74 Å². The Morgan fingerprint density at radius 1 is 1.00 bits per heavy atom. The molecule has 0 unspecified atom stereocenters. The van der Waals surface area contributed by atoms with Gasteiger partial charge in [-0.25, -0.2) is 0 Å². The normalized spacial score (nSPS) is 9.84. The predicted molar refractivity (Wildman–Crippen MR) is 80.9 cm³/mol. The number of methoxy groups -OCH3 is 1. The second-order valence-corrected chi connectivity index (χ2v) is 4.46. The van der Waals surface area contributed by atoms with E-state index < -0.39 is 0 Å². The Balaban J connectivity index is 0.000000861. The van der Waals surface area contributed by atoms with Gasteiger partial charge in [-0.1, -0.05) is 19.9 Å². The van der Waals surface area contributed by atoms with Gasteiger partial charge in [-0.2, -0.15) is 5.10 Å². The van der Waals surface area contributed by atoms with Crippen LogP contribution in [0.25, 0.3) is 11.3 Å². The molecule has 1 heterocycles. The standard InChI is InChI=1S/C14H18N2O.C2H6/c1-8-6-9(2)13(17-5)7-12(8)14-10(3)11(4)15-16-14;1-2/h6-7H,1-5H3,(H,15,16);1-2H3. The molecule has 1 N–H and O–H groups in total. The lowest BCUT2D eigenvalue weighted by molar-refractivity contribution is 0.412. The van der Waals surface area contributed by atoms with Gasteiger partial charge in [0.05, 0.1) is 12.8 Å². The summed E-state index contributed by atoms with van der Waals surface area (Å²) in [7, 11) is 1.70. The van der Waals surface area contributed by atoms with Crippen LogP contribution in [0.1, 0.15) is 36.2 Å². The molecule has 0 radical (unpaired) electrons. The lowest BCUT2D eigenvalue weighted by Crippen LogP contribution is -1.92. The van der Waals surface area contributed by atoms with Crippen molar-refractivity contribution in [1.29, 1.82) is 0 Å². The molecule has 104 valence electrons. The number of aromatic amines is 1. The van der Waals surface area contributed by atoms with Gasteiger partial charge in [-0.3, -0.25) is 5.10 Å². The number of hydrogen-bond donors (Lipinski definition) is 1. The Labute approximate surface area is 116 Å². The van der Waals surface area contributed by atoms with Gasteiger partial charge in [-0.05, 0) is 50.5 Å². The Kier molecular flexibility index (Phi) is 5.16. The first kappa shape index (κ1) is 15.3. The van der Waals surface area contributed by atoms with Gasteiger partial charge in [0, 0.05) is 11.3 Å². The van der Waals surface area contributed by atoms with E-state index in [1.807, 2.05) is 20.8 Å². The van der Waals surface area contributed by atoms with E-state index in [9.17, 15) is 0 Å². The van der Waals surface area contributed by atoms with Crippen molar-refractivity contribution in [3.05, 3.63) is 34.5 Å². The highest BCUT2D eigenvalue weighted by Gasteiger charge is 2.13. The van der Waals surface area contributed by atoms with E-state index in [0.29, 0.717) is 0 Å². The molecule has 0 bridgehead atoms. The highest BCUT2D eigenvalue weighted by molar-refractivity contribution is 5.69. The quantitative estimate of drug-likeness (QED) is 0.872. The van der Waals surface area contributed by atoms with Crippen LogP contribution in [-0.2, 0) is 0 Å². The number of H-pyrrole nitrogens is 1. The highest BCUT2D eigenvalue weighted by atomic mass is 16.5. The maximum absolute atomic E-state index is 5.37. The third-order valence-electron chi connectivity index (χ3n) is 3.25. The molecule has 0 aliphatic heterocycles. The number of hydrogen-bond acceptors (Lipinski definition) is 2. The van der Waals surface area contributed by atoms with Crippen molar-refractivity contribution >= 4 is 0 Å². The van der Waals surface area contributed by atoms with Crippen LogP contribution >= 0.6 is 0 Å². The molecule has 2 rings (SSSR count). The van der Waals surface area contributed by atoms with Gasteiger partial charge < -0.3 is 4.74 Å². The van der Waals surface area contributed by atoms with Crippen LogP contribution in [0.15, 0.2) is 12.1 Å². The number of rotatable bonds is 2. The average Bonchev–Trinajstić information content (AvgIpc) is 2.73. The van der Waals surface area contributed by atoms with Crippen LogP contribution in [0.5, 0.6) is 5.75 Å². The molecule has 0 aliphatic carbocycles. The molecule has 0 aliphatic rings. The lowest BCUT2D eigenvalue weighted by atomic mass is 9.99. The molecule has 3 heteroatoms. The molecule has 3 nitrogen and oxygen atoms in total. The number of nitrogens with zero attached hydrogens (tertiary/aromatic N) is 1. The lowest BCUT2D eigenvalue weighted by Gasteiger charge is -2.10. The van der Waals surface area contributed by atoms with E-state index in [1.54, 1.807) is 7.11 Å². The van der Waals surface area contributed by atoms with E-state index in [-0.39, 0.29) is 0 Å². The third kappa shape index (κ3) is 2.98. The summed E-state index contributed by atoms with van der Waals surface area (Å²) in [5.41, 5.74) is 6.82. The minimum Gasteiger partial charge on any atom is -0.496 e. The van der Waals surface area contributed by atoms with E-state index in [2.05, 4.69) is 43.1 Å². The van der Waals surface area contributed by atoms with Gasteiger partial charge in [0.1, 0.15) is 5.75 Å². The SMILES string of the molecule is CC.COc1cc(-c2n[nH]c(C)c2C)c(C)cc1C. The van der Waals surface area contributed by atoms with Gasteiger partial charge in [0.25, 0.3) is 0 Å². The van der Waals surface area contributed by atoms with Crippen molar-refractivity contribution in [3.8, 4) is 17.0 Å². The molecule has 0 amide bonds. The van der Waals surface area contributed by atoms with Crippen molar-refractivity contribution in [2.24, 2.45) is 0 Å². The maximum atomic E-state index is 5.37. The fourth-order valence-electron chi connectivity index (χ4n) is 2.05. The zero-order chi connectivity index (χ0) is 14.6. The Morgan fingerprint density at radius 3 is 2.11 bits per heavy atom. The van der Waals surface area contributed by atoms with Crippen LogP contribution in [0.3, 0.4) is 0 Å². The molecule has 1 aromatic carbocycles. The monoisotopic (exact) mass is 260 g/mol. The van der Waals surface area contributed by atoms with Gasteiger partial charge in [-0.15, -0.1) is 0 Å². The molecule has 19 heavy (non-hydrogen) atoms. The third-order valence-corrected chi connectivity index (χ3v) is 3.25. The fraction of sp³-hybridized carbons (Fsp3) is 0.438. The largest absolute Gasteiger partial charge is 0.496 e. The molecule has 0 saturated carbocycles. The van der Waals surface area contributed by atoms with E-state index >= 15 is 0 Å². The first-order chi connectivity index (χ1) is 9.04. The zero-order valence-corrected chi connectivity index (χ0v) is 13.0. The van der Waals surface area contributed by atoms with Crippen molar-refractivity contribution in [2.45, 2.75) is 41.5 Å². The summed E-state index contributed by atoms with van der Waals surface area (Å²) >= 11 is 0. The molecule has 0 atom stereocenters.